The molecule has 4 rings (SSSR count). The first-order valence-electron chi connectivity index (χ1n) is 9.77. The van der Waals surface area contributed by atoms with E-state index in [9.17, 15) is 19.5 Å². The van der Waals surface area contributed by atoms with E-state index in [1.807, 2.05) is 6.92 Å². The van der Waals surface area contributed by atoms with Crippen molar-refractivity contribution in [1.29, 1.82) is 0 Å². The standard InChI is InChI=1S/C23H24O6/c1-13-17-11-16(25)12-18(17)20(22(3,27)23(13)9-10-23)29-21(26)19(28-14(2)24)15-7-5-4-6-8-15/h4-8,12,19-20,27H,9-11H2,1-3H3/t19-,20+,22+/m0/s1. The Morgan fingerprint density at radius 2 is 1.86 bits per heavy atom. The van der Waals surface area contributed by atoms with Crippen LogP contribution in [0.1, 0.15) is 51.7 Å². The summed E-state index contributed by atoms with van der Waals surface area (Å²) in [4.78, 5) is 36.8. The van der Waals surface area contributed by atoms with E-state index in [-0.39, 0.29) is 12.2 Å². The Hall–Kier alpha value is -2.73. The molecule has 0 saturated heterocycles. The van der Waals surface area contributed by atoms with Crippen molar-refractivity contribution in [1.82, 2.24) is 0 Å². The molecule has 152 valence electrons. The third kappa shape index (κ3) is 3.02. The lowest BCUT2D eigenvalue weighted by Gasteiger charge is -2.45. The number of ether oxygens (including phenoxy) is 2. The van der Waals surface area contributed by atoms with Gasteiger partial charge < -0.3 is 14.6 Å². The molecular formula is C23H24O6. The van der Waals surface area contributed by atoms with Gasteiger partial charge in [-0.3, -0.25) is 9.59 Å². The fourth-order valence-electron chi connectivity index (χ4n) is 4.80. The van der Waals surface area contributed by atoms with Crippen LogP contribution in [0, 0.1) is 5.41 Å². The Bertz CT molecular complexity index is 949. The summed E-state index contributed by atoms with van der Waals surface area (Å²) in [5.41, 5.74) is 1.06. The van der Waals surface area contributed by atoms with E-state index < -0.39 is 35.2 Å². The van der Waals surface area contributed by atoms with Crippen LogP contribution >= 0.6 is 0 Å². The van der Waals surface area contributed by atoms with Crippen molar-refractivity contribution in [3.8, 4) is 0 Å². The summed E-state index contributed by atoms with van der Waals surface area (Å²) >= 11 is 0. The predicted octanol–water partition coefficient (Wildman–Crippen LogP) is 2.96. The zero-order chi connectivity index (χ0) is 21.0. The maximum Gasteiger partial charge on any atom is 0.352 e. The highest BCUT2D eigenvalue weighted by atomic mass is 16.6. The van der Waals surface area contributed by atoms with Crippen molar-refractivity contribution in [2.75, 3.05) is 0 Å². The van der Waals surface area contributed by atoms with Gasteiger partial charge in [-0.25, -0.2) is 4.79 Å². The minimum atomic E-state index is -1.36. The van der Waals surface area contributed by atoms with E-state index >= 15 is 0 Å². The Labute approximate surface area is 169 Å². The van der Waals surface area contributed by atoms with Crippen molar-refractivity contribution in [2.24, 2.45) is 5.41 Å². The van der Waals surface area contributed by atoms with Crippen LogP contribution in [0.15, 0.2) is 53.1 Å². The minimum Gasteiger partial charge on any atom is -0.451 e. The molecule has 3 aliphatic rings. The number of hydrogen-bond donors (Lipinski definition) is 1. The summed E-state index contributed by atoms with van der Waals surface area (Å²) in [6.45, 7) is 4.83. The molecular weight excluding hydrogens is 372 g/mol. The summed E-state index contributed by atoms with van der Waals surface area (Å²) in [5.74, 6) is -1.45. The molecule has 6 heteroatoms. The number of fused-ring (bicyclic) bond motifs is 1. The van der Waals surface area contributed by atoms with Crippen molar-refractivity contribution >= 4 is 17.7 Å². The monoisotopic (exact) mass is 396 g/mol. The SMILES string of the molecule is CC(=O)O[C@H](C(=O)O[C@@H]1C2=CC(=O)CC2=C(C)C2(CC2)[C@]1(C)O)c1ccccc1. The molecule has 0 bridgehead atoms. The van der Waals surface area contributed by atoms with Crippen molar-refractivity contribution < 1.29 is 29.0 Å². The van der Waals surface area contributed by atoms with Gasteiger partial charge in [0.1, 0.15) is 5.60 Å². The van der Waals surface area contributed by atoms with Crippen LogP contribution in [-0.4, -0.2) is 34.5 Å². The highest BCUT2D eigenvalue weighted by Gasteiger charge is 2.66. The lowest BCUT2D eigenvalue weighted by Crippen LogP contribution is -2.54. The van der Waals surface area contributed by atoms with E-state index in [0.717, 1.165) is 24.0 Å². The molecule has 0 heterocycles. The Morgan fingerprint density at radius 1 is 1.21 bits per heavy atom. The third-order valence-electron chi connectivity index (χ3n) is 6.53. The maximum absolute atomic E-state index is 13.1. The van der Waals surface area contributed by atoms with E-state index in [1.165, 1.54) is 13.0 Å². The Kier molecular flexibility index (Phi) is 4.50. The van der Waals surface area contributed by atoms with Gasteiger partial charge in [0.15, 0.2) is 11.9 Å². The van der Waals surface area contributed by atoms with Gasteiger partial charge in [0, 0.05) is 29.9 Å². The van der Waals surface area contributed by atoms with E-state index in [2.05, 4.69) is 0 Å². The Balaban J connectivity index is 1.70. The van der Waals surface area contributed by atoms with E-state index in [4.69, 9.17) is 9.47 Å². The predicted molar refractivity (Wildman–Crippen MR) is 104 cm³/mol. The first-order valence-corrected chi connectivity index (χ1v) is 9.77. The zero-order valence-electron chi connectivity index (χ0n) is 16.7. The van der Waals surface area contributed by atoms with Gasteiger partial charge in [-0.15, -0.1) is 0 Å². The van der Waals surface area contributed by atoms with Crippen LogP contribution in [0.25, 0.3) is 0 Å². The number of ketones is 1. The summed E-state index contributed by atoms with van der Waals surface area (Å²) in [7, 11) is 0. The number of esters is 2. The summed E-state index contributed by atoms with van der Waals surface area (Å²) in [6.07, 6.45) is 1.04. The lowest BCUT2D eigenvalue weighted by molar-refractivity contribution is -0.182. The lowest BCUT2D eigenvalue weighted by atomic mass is 9.67. The molecule has 1 aromatic carbocycles. The van der Waals surface area contributed by atoms with Crippen molar-refractivity contribution in [3.63, 3.8) is 0 Å². The molecule has 1 N–H and O–H groups in total. The molecule has 3 atom stereocenters. The number of benzene rings is 1. The first-order chi connectivity index (χ1) is 13.7. The largest absolute Gasteiger partial charge is 0.451 e. The molecule has 1 aromatic rings. The molecule has 0 unspecified atom stereocenters. The smallest absolute Gasteiger partial charge is 0.352 e. The Morgan fingerprint density at radius 3 is 2.45 bits per heavy atom. The van der Waals surface area contributed by atoms with Crippen LogP contribution in [-0.2, 0) is 23.9 Å². The molecule has 0 aliphatic heterocycles. The van der Waals surface area contributed by atoms with Gasteiger partial charge in [-0.1, -0.05) is 35.9 Å². The normalized spacial score (nSPS) is 27.9. The second kappa shape index (κ2) is 6.66. The van der Waals surface area contributed by atoms with Crippen LogP contribution in [0.5, 0.6) is 0 Å². The zero-order valence-corrected chi connectivity index (χ0v) is 16.7. The molecule has 0 radical (unpaired) electrons. The molecule has 6 nitrogen and oxygen atoms in total. The number of hydrogen-bond acceptors (Lipinski definition) is 6. The average molecular weight is 396 g/mol. The van der Waals surface area contributed by atoms with Crippen LogP contribution in [0.2, 0.25) is 0 Å². The second-order valence-corrected chi connectivity index (χ2v) is 8.29. The molecule has 0 amide bonds. The number of aliphatic hydroxyl groups is 1. The van der Waals surface area contributed by atoms with Crippen molar-refractivity contribution in [3.05, 3.63) is 58.7 Å². The summed E-state index contributed by atoms with van der Waals surface area (Å²) in [5, 5.41) is 11.4. The van der Waals surface area contributed by atoms with Gasteiger partial charge in [-0.05, 0) is 38.3 Å². The summed E-state index contributed by atoms with van der Waals surface area (Å²) in [6, 6.07) is 8.60. The first kappa shape index (κ1) is 19.6. The molecule has 0 aromatic heterocycles. The van der Waals surface area contributed by atoms with Gasteiger partial charge >= 0.3 is 11.9 Å². The molecule has 1 saturated carbocycles. The molecule has 29 heavy (non-hydrogen) atoms. The van der Waals surface area contributed by atoms with E-state index in [0.29, 0.717) is 11.1 Å². The maximum atomic E-state index is 13.1. The quantitative estimate of drug-likeness (QED) is 0.787. The molecule has 3 aliphatic carbocycles. The number of carbonyl (C=O) groups is 3. The highest BCUT2D eigenvalue weighted by Crippen LogP contribution is 2.66. The topological polar surface area (TPSA) is 89.9 Å². The van der Waals surface area contributed by atoms with Crippen molar-refractivity contribution in [2.45, 2.75) is 57.8 Å². The van der Waals surface area contributed by atoms with Crippen LogP contribution in [0.3, 0.4) is 0 Å². The number of rotatable bonds is 4. The number of allylic oxidation sites excluding steroid dienone is 1. The number of carbonyl (C=O) groups excluding carboxylic acids is 3. The average Bonchev–Trinajstić information content (AvgIpc) is 3.40. The molecule has 1 spiro atoms. The fraction of sp³-hybridized carbons (Fsp3) is 0.435. The van der Waals surface area contributed by atoms with Gasteiger partial charge in [-0.2, -0.15) is 0 Å². The van der Waals surface area contributed by atoms with Gasteiger partial charge in [0.05, 0.1) is 0 Å². The van der Waals surface area contributed by atoms with Gasteiger partial charge in [0.2, 0.25) is 6.10 Å². The van der Waals surface area contributed by atoms with Gasteiger partial charge in [0.25, 0.3) is 0 Å². The van der Waals surface area contributed by atoms with Crippen LogP contribution in [0.4, 0.5) is 0 Å². The third-order valence-corrected chi connectivity index (χ3v) is 6.53. The highest BCUT2D eigenvalue weighted by molar-refractivity contribution is 5.98. The minimum absolute atomic E-state index is 0.0662. The second-order valence-electron chi connectivity index (χ2n) is 8.29. The fourth-order valence-corrected chi connectivity index (χ4v) is 4.80. The molecule has 1 fully saturated rings. The summed E-state index contributed by atoms with van der Waals surface area (Å²) < 4.78 is 11.0. The van der Waals surface area contributed by atoms with Crippen LogP contribution < -0.4 is 0 Å². The van der Waals surface area contributed by atoms with E-state index in [1.54, 1.807) is 37.3 Å².